The van der Waals surface area contributed by atoms with Gasteiger partial charge >= 0.3 is 11.9 Å². The summed E-state index contributed by atoms with van der Waals surface area (Å²) in [5, 5.41) is 8.47. The number of rotatable bonds is 17. The van der Waals surface area contributed by atoms with Gasteiger partial charge in [-0.05, 0) is 51.4 Å². The minimum atomic E-state index is -0.977. The van der Waals surface area contributed by atoms with Crippen molar-refractivity contribution in [2.24, 2.45) is 0 Å². The molecule has 4 nitrogen and oxygen atoms in total. The summed E-state index contributed by atoms with van der Waals surface area (Å²) in [4.78, 5) is 21.5. The van der Waals surface area contributed by atoms with Crippen LogP contribution in [0.4, 0.5) is 0 Å². The number of carbonyl (C=O) groups is 2. The molecule has 0 radical (unpaired) electrons. The molecular formula is C24H36O4. The van der Waals surface area contributed by atoms with E-state index in [1.807, 2.05) is 0 Å². The first-order chi connectivity index (χ1) is 13.7. The van der Waals surface area contributed by atoms with Crippen molar-refractivity contribution < 1.29 is 19.4 Å². The van der Waals surface area contributed by atoms with E-state index in [2.05, 4.69) is 67.7 Å². The molecule has 0 aliphatic carbocycles. The number of carboxylic acid groups (broad SMARTS) is 1. The molecule has 0 rings (SSSR count). The zero-order valence-electron chi connectivity index (χ0n) is 17.2. The highest BCUT2D eigenvalue weighted by atomic mass is 16.5. The second-order valence-electron chi connectivity index (χ2n) is 6.32. The quantitative estimate of drug-likeness (QED) is 0.180. The number of hydrogen-bond donors (Lipinski definition) is 1. The van der Waals surface area contributed by atoms with Crippen LogP contribution in [-0.4, -0.2) is 23.7 Å². The molecule has 0 saturated heterocycles. The lowest BCUT2D eigenvalue weighted by atomic mass is 10.2. The maximum absolute atomic E-state index is 11.2. The number of carboxylic acids is 1. The van der Waals surface area contributed by atoms with Crippen molar-refractivity contribution in [3.05, 3.63) is 60.8 Å². The SMILES string of the molecule is CC/C=C/C/C=C/C/C=C/C/C=C/C/C=C/CCCCOC(=O)CCC(=O)O. The third-order valence-corrected chi connectivity index (χ3v) is 3.73. The van der Waals surface area contributed by atoms with E-state index in [1.165, 1.54) is 0 Å². The van der Waals surface area contributed by atoms with Gasteiger partial charge in [-0.3, -0.25) is 9.59 Å². The summed E-state index contributed by atoms with van der Waals surface area (Å²) in [6.07, 6.45) is 29.3. The molecule has 0 aliphatic rings. The molecule has 0 atom stereocenters. The fraction of sp³-hybridized carbons (Fsp3) is 0.500. The highest BCUT2D eigenvalue weighted by molar-refractivity contribution is 5.76. The first-order valence-electron chi connectivity index (χ1n) is 10.3. The number of ether oxygens (including phenoxy) is 1. The number of allylic oxidation sites excluding steroid dienone is 10. The number of hydrogen-bond acceptors (Lipinski definition) is 3. The number of unbranched alkanes of at least 4 members (excludes halogenated alkanes) is 2. The summed E-state index contributed by atoms with van der Waals surface area (Å²) < 4.78 is 4.97. The van der Waals surface area contributed by atoms with Crippen LogP contribution in [0.3, 0.4) is 0 Å². The lowest BCUT2D eigenvalue weighted by Crippen LogP contribution is -2.08. The highest BCUT2D eigenvalue weighted by Gasteiger charge is 2.05. The van der Waals surface area contributed by atoms with Crippen LogP contribution in [0.15, 0.2) is 60.8 Å². The van der Waals surface area contributed by atoms with Crippen LogP contribution in [0.1, 0.15) is 71.1 Å². The highest BCUT2D eigenvalue weighted by Crippen LogP contribution is 2.01. The van der Waals surface area contributed by atoms with E-state index in [-0.39, 0.29) is 12.8 Å². The van der Waals surface area contributed by atoms with Gasteiger partial charge in [-0.25, -0.2) is 0 Å². The predicted octanol–water partition coefficient (Wildman–Crippen LogP) is 6.32. The van der Waals surface area contributed by atoms with Gasteiger partial charge in [-0.1, -0.05) is 67.7 Å². The standard InChI is InChI=1S/C24H36O4/c1-2-3-4-5-6-7-8-9-10-11-12-13-14-15-16-17-18-19-22-28-24(27)21-20-23(25)26/h3-4,6-7,9-10,12-13,15-16H,2,5,8,11,14,17-22H2,1H3,(H,25,26)/b4-3+,7-6+,10-9+,13-12+,16-15+. The van der Waals surface area contributed by atoms with Crippen LogP contribution < -0.4 is 0 Å². The molecule has 0 saturated carbocycles. The summed E-state index contributed by atoms with van der Waals surface area (Å²) >= 11 is 0. The van der Waals surface area contributed by atoms with Gasteiger partial charge in [0, 0.05) is 0 Å². The molecular weight excluding hydrogens is 352 g/mol. The molecule has 0 aromatic carbocycles. The minimum absolute atomic E-state index is 0.0515. The van der Waals surface area contributed by atoms with E-state index >= 15 is 0 Å². The monoisotopic (exact) mass is 388 g/mol. The van der Waals surface area contributed by atoms with E-state index in [0.717, 1.165) is 51.4 Å². The largest absolute Gasteiger partial charge is 0.481 e. The van der Waals surface area contributed by atoms with Gasteiger partial charge in [-0.15, -0.1) is 0 Å². The van der Waals surface area contributed by atoms with Gasteiger partial charge < -0.3 is 9.84 Å². The van der Waals surface area contributed by atoms with Crippen molar-refractivity contribution in [3.8, 4) is 0 Å². The third-order valence-electron chi connectivity index (χ3n) is 3.73. The van der Waals surface area contributed by atoms with Gasteiger partial charge in [0.15, 0.2) is 0 Å². The van der Waals surface area contributed by atoms with Gasteiger partial charge in [0.1, 0.15) is 0 Å². The average Bonchev–Trinajstić information content (AvgIpc) is 2.68. The van der Waals surface area contributed by atoms with E-state index in [1.54, 1.807) is 0 Å². The summed E-state index contributed by atoms with van der Waals surface area (Å²) in [6, 6.07) is 0. The Hall–Kier alpha value is -2.36. The van der Waals surface area contributed by atoms with Crippen LogP contribution in [0.2, 0.25) is 0 Å². The lowest BCUT2D eigenvalue weighted by molar-refractivity contribution is -0.147. The van der Waals surface area contributed by atoms with Crippen LogP contribution in [0.5, 0.6) is 0 Å². The Balaban J connectivity index is 3.47. The molecule has 0 fully saturated rings. The molecule has 0 spiro atoms. The molecule has 0 bridgehead atoms. The lowest BCUT2D eigenvalue weighted by Gasteiger charge is -2.02. The molecule has 0 aliphatic heterocycles. The van der Waals surface area contributed by atoms with Crippen molar-refractivity contribution in [2.75, 3.05) is 6.61 Å². The van der Waals surface area contributed by atoms with Gasteiger partial charge in [0.2, 0.25) is 0 Å². The third kappa shape index (κ3) is 21.7. The van der Waals surface area contributed by atoms with Crippen molar-refractivity contribution in [1.29, 1.82) is 0 Å². The Morgan fingerprint density at radius 3 is 1.71 bits per heavy atom. The first-order valence-corrected chi connectivity index (χ1v) is 10.3. The summed E-state index contributed by atoms with van der Waals surface area (Å²) in [5.41, 5.74) is 0. The Bertz CT molecular complexity index is 539. The van der Waals surface area contributed by atoms with Crippen LogP contribution in [0, 0.1) is 0 Å². The molecule has 0 aromatic heterocycles. The molecule has 0 unspecified atom stereocenters. The second-order valence-corrected chi connectivity index (χ2v) is 6.32. The number of aliphatic carboxylic acids is 1. The molecule has 156 valence electrons. The van der Waals surface area contributed by atoms with E-state index < -0.39 is 11.9 Å². The smallest absolute Gasteiger partial charge is 0.306 e. The van der Waals surface area contributed by atoms with Crippen molar-refractivity contribution in [1.82, 2.24) is 0 Å². The van der Waals surface area contributed by atoms with E-state index in [9.17, 15) is 9.59 Å². The molecule has 0 aromatic rings. The minimum Gasteiger partial charge on any atom is -0.481 e. The topological polar surface area (TPSA) is 63.6 Å². The zero-order chi connectivity index (χ0) is 20.7. The van der Waals surface area contributed by atoms with Crippen LogP contribution in [0.25, 0.3) is 0 Å². The Morgan fingerprint density at radius 1 is 0.714 bits per heavy atom. The fourth-order valence-corrected chi connectivity index (χ4v) is 2.20. The first kappa shape index (κ1) is 25.6. The normalized spacial score (nSPS) is 12.3. The molecule has 0 amide bonds. The van der Waals surface area contributed by atoms with Crippen LogP contribution >= 0.6 is 0 Å². The van der Waals surface area contributed by atoms with Gasteiger partial charge in [0.05, 0.1) is 19.4 Å². The summed E-state index contributed by atoms with van der Waals surface area (Å²) in [5.74, 6) is -1.41. The molecule has 1 N–H and O–H groups in total. The molecule has 28 heavy (non-hydrogen) atoms. The van der Waals surface area contributed by atoms with E-state index in [0.29, 0.717) is 6.61 Å². The fourth-order valence-electron chi connectivity index (χ4n) is 2.20. The predicted molar refractivity (Wildman–Crippen MR) is 116 cm³/mol. The van der Waals surface area contributed by atoms with E-state index in [4.69, 9.17) is 9.84 Å². The Labute approximate surface area is 170 Å². The molecule has 4 heteroatoms. The summed E-state index contributed by atoms with van der Waals surface area (Å²) in [6.45, 7) is 2.51. The maximum atomic E-state index is 11.2. The van der Waals surface area contributed by atoms with Crippen LogP contribution in [-0.2, 0) is 14.3 Å². The average molecular weight is 389 g/mol. The summed E-state index contributed by atoms with van der Waals surface area (Å²) in [7, 11) is 0. The second kappa shape index (κ2) is 20.9. The zero-order valence-corrected chi connectivity index (χ0v) is 17.2. The van der Waals surface area contributed by atoms with Crippen molar-refractivity contribution in [2.45, 2.75) is 71.1 Å². The number of carbonyl (C=O) groups excluding carboxylic acids is 1. The van der Waals surface area contributed by atoms with Crippen molar-refractivity contribution >= 4 is 11.9 Å². The Kier molecular flexibility index (Phi) is 19.2. The Morgan fingerprint density at radius 2 is 1.21 bits per heavy atom. The molecule has 0 heterocycles. The number of esters is 1. The van der Waals surface area contributed by atoms with Gasteiger partial charge in [0.25, 0.3) is 0 Å². The maximum Gasteiger partial charge on any atom is 0.306 e. The van der Waals surface area contributed by atoms with Crippen molar-refractivity contribution in [3.63, 3.8) is 0 Å². The van der Waals surface area contributed by atoms with Gasteiger partial charge in [-0.2, -0.15) is 0 Å².